The first-order chi connectivity index (χ1) is 9.66. The lowest BCUT2D eigenvalue weighted by molar-refractivity contribution is 0.0696. The van der Waals surface area contributed by atoms with Crippen molar-refractivity contribution in [1.82, 2.24) is 4.98 Å². The third kappa shape index (κ3) is 3.96. The summed E-state index contributed by atoms with van der Waals surface area (Å²) in [6, 6.07) is 11.4. The van der Waals surface area contributed by atoms with Crippen LogP contribution in [0.15, 0.2) is 42.6 Å². The van der Waals surface area contributed by atoms with Crippen molar-refractivity contribution in [3.63, 3.8) is 0 Å². The van der Waals surface area contributed by atoms with Crippen LogP contribution >= 0.6 is 11.6 Å². The highest BCUT2D eigenvalue weighted by atomic mass is 35.5. The number of hydrogen-bond acceptors (Lipinski definition) is 3. The molecular formula is C15H14ClNO3. The molecule has 0 fully saturated rings. The molecule has 0 saturated carbocycles. The Balaban J connectivity index is 1.84. The van der Waals surface area contributed by atoms with Gasteiger partial charge in [0.05, 0.1) is 12.2 Å². The second-order valence-electron chi connectivity index (χ2n) is 4.25. The van der Waals surface area contributed by atoms with Gasteiger partial charge in [0.15, 0.2) is 0 Å². The van der Waals surface area contributed by atoms with Crippen LogP contribution in [-0.4, -0.2) is 22.7 Å². The third-order valence-electron chi connectivity index (χ3n) is 2.75. The monoisotopic (exact) mass is 291 g/mol. The molecule has 2 aromatic rings. The Kier molecular flexibility index (Phi) is 4.96. The van der Waals surface area contributed by atoms with Crippen LogP contribution in [0.25, 0.3) is 0 Å². The van der Waals surface area contributed by atoms with Gasteiger partial charge in [-0.3, -0.25) is 0 Å². The number of hydrogen-bond donors (Lipinski definition) is 1. The van der Waals surface area contributed by atoms with E-state index in [0.29, 0.717) is 6.61 Å². The molecule has 0 amide bonds. The van der Waals surface area contributed by atoms with Crippen LogP contribution in [0.1, 0.15) is 22.3 Å². The molecule has 0 aliphatic heterocycles. The summed E-state index contributed by atoms with van der Waals surface area (Å²) in [5, 5.41) is 9.01. The molecule has 104 valence electrons. The first-order valence-corrected chi connectivity index (χ1v) is 6.60. The van der Waals surface area contributed by atoms with Crippen LogP contribution in [-0.2, 0) is 6.42 Å². The number of ether oxygens (including phenoxy) is 1. The van der Waals surface area contributed by atoms with Crippen LogP contribution in [0.5, 0.6) is 5.88 Å². The van der Waals surface area contributed by atoms with Gasteiger partial charge in [0, 0.05) is 6.20 Å². The molecule has 0 aliphatic carbocycles. The van der Waals surface area contributed by atoms with E-state index in [-0.39, 0.29) is 16.5 Å². The van der Waals surface area contributed by atoms with Crippen LogP contribution < -0.4 is 4.74 Å². The summed E-state index contributed by atoms with van der Waals surface area (Å²) in [6.45, 7) is 0.480. The highest BCUT2D eigenvalue weighted by Crippen LogP contribution is 2.22. The number of pyridine rings is 1. The van der Waals surface area contributed by atoms with Crippen LogP contribution in [0.4, 0.5) is 0 Å². The maximum atomic E-state index is 10.7. The molecule has 0 aliphatic rings. The van der Waals surface area contributed by atoms with E-state index in [2.05, 4.69) is 17.1 Å². The molecule has 1 aromatic heterocycles. The summed E-state index contributed by atoms with van der Waals surface area (Å²) in [7, 11) is 0. The zero-order chi connectivity index (χ0) is 14.4. The normalized spacial score (nSPS) is 10.2. The van der Waals surface area contributed by atoms with Crippen molar-refractivity contribution in [2.24, 2.45) is 0 Å². The zero-order valence-electron chi connectivity index (χ0n) is 10.8. The molecule has 0 bridgehead atoms. The Labute approximate surface area is 122 Å². The van der Waals surface area contributed by atoms with Gasteiger partial charge in [0.25, 0.3) is 0 Å². The number of benzene rings is 1. The largest absolute Gasteiger partial charge is 0.478 e. The maximum absolute atomic E-state index is 10.7. The van der Waals surface area contributed by atoms with Crippen molar-refractivity contribution in [3.8, 4) is 5.88 Å². The molecule has 0 atom stereocenters. The molecule has 1 aromatic carbocycles. The average Bonchev–Trinajstić information content (AvgIpc) is 2.46. The number of rotatable bonds is 6. The van der Waals surface area contributed by atoms with E-state index in [1.54, 1.807) is 0 Å². The van der Waals surface area contributed by atoms with Crippen molar-refractivity contribution >= 4 is 17.6 Å². The first-order valence-electron chi connectivity index (χ1n) is 6.22. The van der Waals surface area contributed by atoms with Gasteiger partial charge in [0.2, 0.25) is 5.88 Å². The zero-order valence-corrected chi connectivity index (χ0v) is 11.5. The van der Waals surface area contributed by atoms with Crippen molar-refractivity contribution in [2.75, 3.05) is 6.61 Å². The molecule has 20 heavy (non-hydrogen) atoms. The van der Waals surface area contributed by atoms with Crippen molar-refractivity contribution in [1.29, 1.82) is 0 Å². The predicted molar refractivity (Wildman–Crippen MR) is 76.5 cm³/mol. The Morgan fingerprint density at radius 2 is 2.05 bits per heavy atom. The van der Waals surface area contributed by atoms with Gasteiger partial charge in [-0.25, -0.2) is 9.78 Å². The van der Waals surface area contributed by atoms with Crippen molar-refractivity contribution in [3.05, 3.63) is 58.7 Å². The van der Waals surface area contributed by atoms with E-state index in [1.807, 2.05) is 18.2 Å². The topological polar surface area (TPSA) is 59.4 Å². The fraction of sp³-hybridized carbons (Fsp3) is 0.200. The quantitative estimate of drug-likeness (QED) is 0.828. The standard InChI is InChI=1S/C15H14ClNO3/c16-13-9-12(15(18)19)10-17-14(13)20-8-4-7-11-5-2-1-3-6-11/h1-3,5-6,9-10H,4,7-8H2,(H,18,19). The van der Waals surface area contributed by atoms with Gasteiger partial charge < -0.3 is 9.84 Å². The predicted octanol–water partition coefficient (Wildman–Crippen LogP) is 3.44. The lowest BCUT2D eigenvalue weighted by Gasteiger charge is -2.07. The van der Waals surface area contributed by atoms with E-state index >= 15 is 0 Å². The molecule has 0 spiro atoms. The van der Waals surface area contributed by atoms with E-state index in [1.165, 1.54) is 17.8 Å². The van der Waals surface area contributed by atoms with E-state index in [9.17, 15) is 4.79 Å². The minimum Gasteiger partial charge on any atom is -0.478 e. The molecule has 1 heterocycles. The van der Waals surface area contributed by atoms with E-state index < -0.39 is 5.97 Å². The molecule has 2 rings (SSSR count). The van der Waals surface area contributed by atoms with E-state index in [0.717, 1.165) is 12.8 Å². The Morgan fingerprint density at radius 3 is 2.70 bits per heavy atom. The second-order valence-corrected chi connectivity index (χ2v) is 4.66. The van der Waals surface area contributed by atoms with Crippen molar-refractivity contribution in [2.45, 2.75) is 12.8 Å². The Hall–Kier alpha value is -2.07. The molecule has 0 radical (unpaired) electrons. The van der Waals surface area contributed by atoms with Gasteiger partial charge in [-0.1, -0.05) is 41.9 Å². The third-order valence-corrected chi connectivity index (χ3v) is 3.02. The summed E-state index contributed by atoms with van der Waals surface area (Å²) in [4.78, 5) is 14.7. The molecule has 5 heteroatoms. The van der Waals surface area contributed by atoms with Crippen LogP contribution in [0, 0.1) is 0 Å². The number of carboxylic acids is 1. The van der Waals surface area contributed by atoms with Crippen LogP contribution in [0.2, 0.25) is 5.02 Å². The molecule has 4 nitrogen and oxygen atoms in total. The summed E-state index contributed by atoms with van der Waals surface area (Å²) in [5.41, 5.74) is 1.29. The lowest BCUT2D eigenvalue weighted by atomic mass is 10.1. The maximum Gasteiger partial charge on any atom is 0.337 e. The highest BCUT2D eigenvalue weighted by Gasteiger charge is 2.09. The van der Waals surface area contributed by atoms with Gasteiger partial charge in [-0.05, 0) is 24.5 Å². The van der Waals surface area contributed by atoms with Gasteiger partial charge >= 0.3 is 5.97 Å². The summed E-state index contributed by atoms with van der Waals surface area (Å²) < 4.78 is 5.46. The number of aromatic nitrogens is 1. The average molecular weight is 292 g/mol. The molecular weight excluding hydrogens is 278 g/mol. The van der Waals surface area contributed by atoms with Crippen LogP contribution in [0.3, 0.4) is 0 Å². The lowest BCUT2D eigenvalue weighted by Crippen LogP contribution is -2.03. The number of nitrogens with zero attached hydrogens (tertiary/aromatic N) is 1. The second kappa shape index (κ2) is 6.91. The summed E-state index contributed by atoms with van der Waals surface area (Å²) in [5.74, 6) is -0.792. The molecule has 1 N–H and O–H groups in total. The number of carbonyl (C=O) groups is 1. The van der Waals surface area contributed by atoms with Crippen molar-refractivity contribution < 1.29 is 14.6 Å². The number of halogens is 1. The molecule has 0 unspecified atom stereocenters. The Morgan fingerprint density at radius 1 is 1.30 bits per heavy atom. The number of aromatic carboxylic acids is 1. The number of aryl methyl sites for hydroxylation is 1. The highest BCUT2D eigenvalue weighted by molar-refractivity contribution is 6.32. The summed E-state index contributed by atoms with van der Waals surface area (Å²) in [6.07, 6.45) is 2.98. The smallest absolute Gasteiger partial charge is 0.337 e. The minimum absolute atomic E-state index is 0.0478. The van der Waals surface area contributed by atoms with Gasteiger partial charge in [0.1, 0.15) is 5.02 Å². The minimum atomic E-state index is -1.06. The fourth-order valence-corrected chi connectivity index (χ4v) is 1.96. The van der Waals surface area contributed by atoms with Gasteiger partial charge in [-0.15, -0.1) is 0 Å². The number of carboxylic acid groups (broad SMARTS) is 1. The molecule has 0 saturated heterocycles. The first kappa shape index (κ1) is 14.3. The summed E-state index contributed by atoms with van der Waals surface area (Å²) >= 11 is 5.92. The fourth-order valence-electron chi connectivity index (χ4n) is 1.74. The Bertz CT molecular complexity index is 587. The van der Waals surface area contributed by atoms with Gasteiger partial charge in [-0.2, -0.15) is 0 Å². The SMILES string of the molecule is O=C(O)c1cnc(OCCCc2ccccc2)c(Cl)c1. The van der Waals surface area contributed by atoms with E-state index in [4.69, 9.17) is 21.4 Å².